The molecule has 2 heterocycles. The summed E-state index contributed by atoms with van der Waals surface area (Å²) >= 11 is 0. The minimum atomic E-state index is -0.357. The van der Waals surface area contributed by atoms with Crippen LogP contribution in [0.1, 0.15) is 0 Å². The number of benzene rings is 1. The number of hydrogen-bond acceptors (Lipinski definition) is 4. The number of nitrogens with two attached hydrogens (primary N) is 1. The molecule has 1 atom stereocenters. The summed E-state index contributed by atoms with van der Waals surface area (Å²) in [5.41, 5.74) is 7.25. The molecular weight excluding hydrogens is 294 g/mol. The lowest BCUT2D eigenvalue weighted by Crippen LogP contribution is -2.41. The van der Waals surface area contributed by atoms with Crippen molar-refractivity contribution in [2.24, 2.45) is 11.7 Å². The van der Waals surface area contributed by atoms with Crippen molar-refractivity contribution in [1.29, 1.82) is 0 Å². The van der Waals surface area contributed by atoms with E-state index in [1.165, 1.54) is 0 Å². The third-order valence-corrected chi connectivity index (χ3v) is 4.31. The summed E-state index contributed by atoms with van der Waals surface area (Å²) in [4.78, 5) is 32.3. The van der Waals surface area contributed by atoms with Gasteiger partial charge < -0.3 is 20.1 Å². The van der Waals surface area contributed by atoms with E-state index in [2.05, 4.69) is 4.98 Å². The van der Waals surface area contributed by atoms with Crippen molar-refractivity contribution in [3.05, 3.63) is 30.6 Å². The molecule has 122 valence electrons. The van der Waals surface area contributed by atoms with E-state index in [0.29, 0.717) is 19.6 Å². The van der Waals surface area contributed by atoms with E-state index >= 15 is 0 Å². The van der Waals surface area contributed by atoms with Gasteiger partial charge in [0.05, 0.1) is 23.3 Å². The van der Waals surface area contributed by atoms with Crippen LogP contribution in [0.15, 0.2) is 30.6 Å². The molecule has 3 rings (SSSR count). The van der Waals surface area contributed by atoms with Gasteiger partial charge in [-0.2, -0.15) is 0 Å². The van der Waals surface area contributed by atoms with Crippen LogP contribution in [0.4, 0.5) is 0 Å². The molecule has 1 aromatic carbocycles. The molecule has 0 bridgehead atoms. The number of nitrogens with zero attached hydrogens (tertiary/aromatic N) is 4. The molecule has 1 saturated heterocycles. The maximum Gasteiger partial charge on any atom is 0.242 e. The first kappa shape index (κ1) is 15.5. The van der Waals surface area contributed by atoms with Crippen LogP contribution in [0.2, 0.25) is 0 Å². The summed E-state index contributed by atoms with van der Waals surface area (Å²) in [6, 6.07) is 7.71. The molecule has 0 unspecified atom stereocenters. The summed E-state index contributed by atoms with van der Waals surface area (Å²) in [7, 11) is 1.94. The number of carbonyl (C=O) groups is 2. The molecule has 2 N–H and O–H groups in total. The summed E-state index contributed by atoms with van der Waals surface area (Å²) in [6.45, 7) is 2.53. The van der Waals surface area contributed by atoms with Gasteiger partial charge in [0.2, 0.25) is 11.8 Å². The second-order valence-electron chi connectivity index (χ2n) is 6.06. The second-order valence-corrected chi connectivity index (χ2v) is 6.06. The number of amides is 2. The van der Waals surface area contributed by atoms with Crippen LogP contribution in [-0.4, -0.2) is 64.4 Å². The maximum absolute atomic E-state index is 12.6. The van der Waals surface area contributed by atoms with Gasteiger partial charge in [0.25, 0.3) is 0 Å². The molecule has 7 heteroatoms. The van der Waals surface area contributed by atoms with Crippen LogP contribution in [0, 0.1) is 5.92 Å². The predicted molar refractivity (Wildman–Crippen MR) is 86.5 cm³/mol. The van der Waals surface area contributed by atoms with Crippen molar-refractivity contribution >= 4 is 22.8 Å². The van der Waals surface area contributed by atoms with Crippen molar-refractivity contribution in [3.63, 3.8) is 0 Å². The second kappa shape index (κ2) is 6.37. The van der Waals surface area contributed by atoms with Crippen LogP contribution >= 0.6 is 0 Å². The van der Waals surface area contributed by atoms with E-state index in [-0.39, 0.29) is 24.3 Å². The van der Waals surface area contributed by atoms with Crippen LogP contribution in [-0.2, 0) is 16.1 Å². The van der Waals surface area contributed by atoms with Crippen LogP contribution < -0.4 is 5.73 Å². The van der Waals surface area contributed by atoms with Gasteiger partial charge in [-0.15, -0.1) is 0 Å². The Kier molecular flexibility index (Phi) is 4.29. The number of hydrogen-bond donors (Lipinski definition) is 1. The van der Waals surface area contributed by atoms with Crippen LogP contribution in [0.25, 0.3) is 11.0 Å². The Balaban J connectivity index is 1.75. The highest BCUT2D eigenvalue weighted by molar-refractivity contribution is 5.82. The topological polar surface area (TPSA) is 84.5 Å². The molecule has 0 radical (unpaired) electrons. The third-order valence-electron chi connectivity index (χ3n) is 4.31. The average molecular weight is 315 g/mol. The number of fused-ring (bicyclic) bond motifs is 1. The Morgan fingerprint density at radius 2 is 2.04 bits per heavy atom. The van der Waals surface area contributed by atoms with Gasteiger partial charge in [-0.25, -0.2) is 4.98 Å². The minimum Gasteiger partial charge on any atom is -0.369 e. The largest absolute Gasteiger partial charge is 0.369 e. The quantitative estimate of drug-likeness (QED) is 0.858. The number of likely N-dealkylation sites (N-methyl/N-ethyl adjacent to an activating group) is 1. The highest BCUT2D eigenvalue weighted by Crippen LogP contribution is 2.13. The SMILES string of the molecule is CN1CCN(C(=O)Cn2cnc3ccccc32)C[C@@H](C(N)=O)C1. The fraction of sp³-hybridized carbons (Fsp3) is 0.438. The molecule has 0 aliphatic carbocycles. The molecule has 0 saturated carbocycles. The number of primary amides is 1. The number of rotatable bonds is 3. The lowest BCUT2D eigenvalue weighted by molar-refractivity contribution is -0.133. The zero-order valence-electron chi connectivity index (χ0n) is 13.2. The van der Waals surface area contributed by atoms with Gasteiger partial charge in [-0.1, -0.05) is 12.1 Å². The monoisotopic (exact) mass is 315 g/mol. The first-order valence-corrected chi connectivity index (χ1v) is 7.70. The fourth-order valence-electron chi connectivity index (χ4n) is 2.96. The summed E-state index contributed by atoms with van der Waals surface area (Å²) in [5, 5.41) is 0. The standard InChI is InChI=1S/C16H21N5O2/c1-19-6-7-20(9-12(8-19)16(17)23)15(22)10-21-11-18-13-4-2-3-5-14(13)21/h2-5,11-12H,6-10H2,1H3,(H2,17,23)/t12-/m0/s1. The van der Waals surface area contributed by atoms with E-state index in [9.17, 15) is 9.59 Å². The van der Waals surface area contributed by atoms with Gasteiger partial charge in [-0.3, -0.25) is 9.59 Å². The van der Waals surface area contributed by atoms with E-state index in [1.54, 1.807) is 11.2 Å². The zero-order valence-corrected chi connectivity index (χ0v) is 13.2. The lowest BCUT2D eigenvalue weighted by atomic mass is 10.1. The molecular formula is C16H21N5O2. The van der Waals surface area contributed by atoms with Crippen molar-refractivity contribution in [3.8, 4) is 0 Å². The molecule has 1 fully saturated rings. The molecule has 7 nitrogen and oxygen atoms in total. The van der Waals surface area contributed by atoms with Crippen LogP contribution in [0.3, 0.4) is 0 Å². The summed E-state index contributed by atoms with van der Waals surface area (Å²) < 4.78 is 1.84. The molecule has 1 aliphatic rings. The van der Waals surface area contributed by atoms with Crippen molar-refractivity contribution in [1.82, 2.24) is 19.4 Å². The Bertz CT molecular complexity index is 726. The third kappa shape index (κ3) is 3.34. The average Bonchev–Trinajstić information content (AvgIpc) is 2.81. The van der Waals surface area contributed by atoms with E-state index in [1.807, 2.05) is 40.8 Å². The summed E-state index contributed by atoms with van der Waals surface area (Å²) in [6.07, 6.45) is 1.68. The lowest BCUT2D eigenvalue weighted by Gasteiger charge is -2.23. The molecule has 2 aromatic rings. The molecule has 2 amide bonds. The summed E-state index contributed by atoms with van der Waals surface area (Å²) in [5.74, 6) is -0.703. The molecule has 1 aromatic heterocycles. The predicted octanol–water partition coefficient (Wildman–Crippen LogP) is -0.0882. The Hall–Kier alpha value is -2.41. The van der Waals surface area contributed by atoms with E-state index in [0.717, 1.165) is 17.6 Å². The van der Waals surface area contributed by atoms with Crippen LogP contribution in [0.5, 0.6) is 0 Å². The van der Waals surface area contributed by atoms with Gasteiger partial charge in [0.15, 0.2) is 0 Å². The Morgan fingerprint density at radius 3 is 2.83 bits per heavy atom. The minimum absolute atomic E-state index is 0.0188. The highest BCUT2D eigenvalue weighted by atomic mass is 16.2. The number of imidazole rings is 1. The normalized spacial score (nSPS) is 19.7. The van der Waals surface area contributed by atoms with Gasteiger partial charge in [0, 0.05) is 26.2 Å². The smallest absolute Gasteiger partial charge is 0.242 e. The number of carbonyl (C=O) groups excluding carboxylic acids is 2. The van der Waals surface area contributed by atoms with Crippen molar-refractivity contribution < 1.29 is 9.59 Å². The molecule has 23 heavy (non-hydrogen) atoms. The number of para-hydroxylation sites is 2. The van der Waals surface area contributed by atoms with Crippen molar-refractivity contribution in [2.75, 3.05) is 33.2 Å². The Morgan fingerprint density at radius 1 is 1.26 bits per heavy atom. The maximum atomic E-state index is 12.6. The van der Waals surface area contributed by atoms with Gasteiger partial charge >= 0.3 is 0 Å². The van der Waals surface area contributed by atoms with Crippen molar-refractivity contribution in [2.45, 2.75) is 6.54 Å². The first-order valence-electron chi connectivity index (χ1n) is 7.70. The Labute approximate surface area is 134 Å². The highest BCUT2D eigenvalue weighted by Gasteiger charge is 2.27. The molecule has 1 aliphatic heterocycles. The van der Waals surface area contributed by atoms with E-state index in [4.69, 9.17) is 5.73 Å². The zero-order chi connectivity index (χ0) is 16.4. The number of aromatic nitrogens is 2. The molecule has 0 spiro atoms. The van der Waals surface area contributed by atoms with Gasteiger partial charge in [-0.05, 0) is 19.2 Å². The van der Waals surface area contributed by atoms with Gasteiger partial charge in [0.1, 0.15) is 6.54 Å². The fourth-order valence-corrected chi connectivity index (χ4v) is 2.96. The van der Waals surface area contributed by atoms with E-state index < -0.39 is 0 Å². The first-order chi connectivity index (χ1) is 11.0.